The van der Waals surface area contributed by atoms with Gasteiger partial charge in [-0.05, 0) is 48.9 Å². The molecule has 0 spiro atoms. The van der Waals surface area contributed by atoms with Gasteiger partial charge in [0.15, 0.2) is 0 Å². The summed E-state index contributed by atoms with van der Waals surface area (Å²) < 4.78 is 9.48. The molecule has 2 aromatic carbocycles. The molecule has 138 valence electrons. The number of esters is 2. The molecule has 0 aliphatic rings. The van der Waals surface area contributed by atoms with Crippen molar-refractivity contribution in [2.24, 2.45) is 0 Å². The zero-order valence-electron chi connectivity index (χ0n) is 15.1. The van der Waals surface area contributed by atoms with Crippen LogP contribution < -0.4 is 5.32 Å². The minimum Gasteiger partial charge on any atom is -0.508 e. The summed E-state index contributed by atoms with van der Waals surface area (Å²) in [5.74, 6) is -0.525. The number of ether oxygens (including phenoxy) is 2. The molecule has 0 aliphatic carbocycles. The van der Waals surface area contributed by atoms with Crippen LogP contribution in [0.3, 0.4) is 0 Å². The molecule has 0 atom stereocenters. The SMILES string of the molecule is COC(=O)c1cc(Nc2cc(C)c3ccc(O)cc3n2)cc(C(=O)OC)c1. The summed E-state index contributed by atoms with van der Waals surface area (Å²) in [5, 5.41) is 13.7. The van der Waals surface area contributed by atoms with Crippen molar-refractivity contribution >= 4 is 34.3 Å². The number of aromatic hydroxyl groups is 1. The number of phenols is 1. The number of aromatic nitrogens is 1. The number of pyridine rings is 1. The number of carbonyl (C=O) groups is 2. The maximum absolute atomic E-state index is 11.9. The molecule has 0 radical (unpaired) electrons. The lowest BCUT2D eigenvalue weighted by atomic mass is 10.1. The number of aryl methyl sites for hydroxylation is 1. The molecular weight excluding hydrogens is 348 g/mol. The highest BCUT2D eigenvalue weighted by atomic mass is 16.5. The fraction of sp³-hybridized carbons (Fsp3) is 0.150. The van der Waals surface area contributed by atoms with Gasteiger partial charge in [-0.2, -0.15) is 0 Å². The normalized spacial score (nSPS) is 10.5. The van der Waals surface area contributed by atoms with Gasteiger partial charge in [-0.15, -0.1) is 0 Å². The van der Waals surface area contributed by atoms with Crippen molar-refractivity contribution in [3.8, 4) is 5.75 Å². The first-order valence-corrected chi connectivity index (χ1v) is 8.10. The Hall–Kier alpha value is -3.61. The zero-order chi connectivity index (χ0) is 19.6. The summed E-state index contributed by atoms with van der Waals surface area (Å²) in [5.41, 5.74) is 2.47. The Morgan fingerprint density at radius 2 is 1.59 bits per heavy atom. The monoisotopic (exact) mass is 366 g/mol. The number of nitrogens with zero attached hydrogens (tertiary/aromatic N) is 1. The molecule has 0 amide bonds. The average Bonchev–Trinajstić information content (AvgIpc) is 2.66. The maximum atomic E-state index is 11.9. The summed E-state index contributed by atoms with van der Waals surface area (Å²) >= 11 is 0. The number of methoxy groups -OCH3 is 2. The molecule has 0 saturated carbocycles. The fourth-order valence-corrected chi connectivity index (χ4v) is 2.77. The summed E-state index contributed by atoms with van der Waals surface area (Å²) in [6.07, 6.45) is 0. The molecule has 3 aromatic rings. The van der Waals surface area contributed by atoms with Crippen LogP contribution >= 0.6 is 0 Å². The summed E-state index contributed by atoms with van der Waals surface area (Å²) in [4.78, 5) is 28.3. The average molecular weight is 366 g/mol. The van der Waals surface area contributed by atoms with E-state index >= 15 is 0 Å². The van der Waals surface area contributed by atoms with E-state index in [0.717, 1.165) is 10.9 Å². The van der Waals surface area contributed by atoms with Crippen LogP contribution in [0.4, 0.5) is 11.5 Å². The van der Waals surface area contributed by atoms with Crippen molar-refractivity contribution in [2.45, 2.75) is 6.92 Å². The van der Waals surface area contributed by atoms with Gasteiger partial charge in [-0.25, -0.2) is 14.6 Å². The Labute approximate surface area is 155 Å². The smallest absolute Gasteiger partial charge is 0.337 e. The minimum absolute atomic E-state index is 0.118. The predicted octanol–water partition coefficient (Wildman–Crippen LogP) is 3.57. The quantitative estimate of drug-likeness (QED) is 0.681. The fourth-order valence-electron chi connectivity index (χ4n) is 2.77. The number of phenolic OH excluding ortho intramolecular Hbond substituents is 1. The lowest BCUT2D eigenvalue weighted by Gasteiger charge is -2.12. The van der Waals surface area contributed by atoms with Crippen LogP contribution in [0.5, 0.6) is 5.75 Å². The van der Waals surface area contributed by atoms with Crippen molar-refractivity contribution in [1.29, 1.82) is 0 Å². The standard InChI is InChI=1S/C20H18N2O5/c1-11-6-18(22-17-10-15(23)4-5-16(11)17)21-14-8-12(19(24)26-2)7-13(9-14)20(25)27-3/h4-10,23H,1-3H3,(H,21,22). The van der Waals surface area contributed by atoms with Crippen LogP contribution in [-0.4, -0.2) is 36.2 Å². The first kappa shape index (κ1) is 18.2. The highest BCUT2D eigenvalue weighted by Crippen LogP contribution is 2.26. The molecule has 3 rings (SSSR count). The third kappa shape index (κ3) is 3.82. The molecule has 7 nitrogen and oxygen atoms in total. The highest BCUT2D eigenvalue weighted by Gasteiger charge is 2.14. The second-order valence-electron chi connectivity index (χ2n) is 5.93. The summed E-state index contributed by atoms with van der Waals surface area (Å²) in [7, 11) is 2.53. The van der Waals surface area contributed by atoms with E-state index in [-0.39, 0.29) is 16.9 Å². The topological polar surface area (TPSA) is 97.8 Å². The molecule has 0 unspecified atom stereocenters. The number of rotatable bonds is 4. The van der Waals surface area contributed by atoms with Crippen molar-refractivity contribution in [1.82, 2.24) is 4.98 Å². The second kappa shape index (κ2) is 7.33. The number of nitrogens with one attached hydrogen (secondary N) is 1. The Bertz CT molecular complexity index is 1010. The van der Waals surface area contributed by atoms with E-state index in [0.29, 0.717) is 17.0 Å². The molecule has 0 bridgehead atoms. The number of fused-ring (bicyclic) bond motifs is 1. The van der Waals surface area contributed by atoms with E-state index in [2.05, 4.69) is 10.3 Å². The minimum atomic E-state index is -0.573. The number of hydrogen-bond donors (Lipinski definition) is 2. The number of benzene rings is 2. The number of carbonyl (C=O) groups excluding carboxylic acids is 2. The summed E-state index contributed by atoms with van der Waals surface area (Å²) in [6, 6.07) is 11.3. The van der Waals surface area contributed by atoms with E-state index in [1.807, 2.05) is 13.0 Å². The largest absolute Gasteiger partial charge is 0.508 e. The first-order chi connectivity index (χ1) is 12.9. The van der Waals surface area contributed by atoms with Crippen LogP contribution in [0, 0.1) is 6.92 Å². The van der Waals surface area contributed by atoms with E-state index in [9.17, 15) is 14.7 Å². The maximum Gasteiger partial charge on any atom is 0.337 e. The van der Waals surface area contributed by atoms with Crippen LogP contribution in [0.2, 0.25) is 0 Å². The van der Waals surface area contributed by atoms with Crippen LogP contribution in [-0.2, 0) is 9.47 Å². The molecule has 0 saturated heterocycles. The van der Waals surface area contributed by atoms with Crippen LogP contribution in [0.15, 0.2) is 42.5 Å². The van der Waals surface area contributed by atoms with Gasteiger partial charge in [0.25, 0.3) is 0 Å². The predicted molar refractivity (Wildman–Crippen MR) is 101 cm³/mol. The van der Waals surface area contributed by atoms with E-state index in [1.165, 1.54) is 20.3 Å². The molecule has 0 aliphatic heterocycles. The summed E-state index contributed by atoms with van der Waals surface area (Å²) in [6.45, 7) is 1.93. The second-order valence-corrected chi connectivity index (χ2v) is 5.93. The van der Waals surface area contributed by atoms with Crippen molar-refractivity contribution < 1.29 is 24.2 Å². The van der Waals surface area contributed by atoms with Crippen molar-refractivity contribution in [2.75, 3.05) is 19.5 Å². The van der Waals surface area contributed by atoms with Crippen LogP contribution in [0.25, 0.3) is 10.9 Å². The molecule has 7 heteroatoms. The van der Waals surface area contributed by atoms with Crippen molar-refractivity contribution in [3.63, 3.8) is 0 Å². The third-order valence-corrected chi connectivity index (χ3v) is 4.05. The molecule has 27 heavy (non-hydrogen) atoms. The van der Waals surface area contributed by atoms with E-state index < -0.39 is 11.9 Å². The highest BCUT2D eigenvalue weighted by molar-refractivity contribution is 5.97. The molecular formula is C20H18N2O5. The van der Waals surface area contributed by atoms with Crippen LogP contribution in [0.1, 0.15) is 26.3 Å². The van der Waals surface area contributed by atoms with Gasteiger partial charge in [-0.3, -0.25) is 0 Å². The van der Waals surface area contributed by atoms with Gasteiger partial charge >= 0.3 is 11.9 Å². The molecule has 2 N–H and O–H groups in total. The lowest BCUT2D eigenvalue weighted by Crippen LogP contribution is -2.08. The zero-order valence-corrected chi connectivity index (χ0v) is 15.1. The third-order valence-electron chi connectivity index (χ3n) is 4.05. The van der Waals surface area contributed by atoms with Gasteiger partial charge in [0.05, 0.1) is 30.9 Å². The Morgan fingerprint density at radius 3 is 2.19 bits per heavy atom. The van der Waals surface area contributed by atoms with Gasteiger partial charge < -0.3 is 19.9 Å². The lowest BCUT2D eigenvalue weighted by molar-refractivity contribution is 0.0599. The Balaban J connectivity index is 2.05. The number of anilines is 2. The van der Waals surface area contributed by atoms with E-state index in [4.69, 9.17) is 9.47 Å². The van der Waals surface area contributed by atoms with E-state index in [1.54, 1.807) is 30.3 Å². The molecule has 1 aromatic heterocycles. The van der Waals surface area contributed by atoms with Crippen molar-refractivity contribution in [3.05, 3.63) is 59.2 Å². The Kier molecular flexibility index (Phi) is 4.94. The van der Waals surface area contributed by atoms with Gasteiger partial charge in [0.2, 0.25) is 0 Å². The van der Waals surface area contributed by atoms with Gasteiger partial charge in [0.1, 0.15) is 11.6 Å². The van der Waals surface area contributed by atoms with Gasteiger partial charge in [0, 0.05) is 17.1 Å². The number of hydrogen-bond acceptors (Lipinski definition) is 7. The first-order valence-electron chi connectivity index (χ1n) is 8.10. The van der Waals surface area contributed by atoms with Gasteiger partial charge in [-0.1, -0.05) is 0 Å². The molecule has 0 fully saturated rings. The Morgan fingerprint density at radius 1 is 0.963 bits per heavy atom. The molecule has 1 heterocycles.